The van der Waals surface area contributed by atoms with E-state index < -0.39 is 24.6 Å². The molecule has 0 spiro atoms. The number of amides is 1. The summed E-state index contributed by atoms with van der Waals surface area (Å²) in [5, 5.41) is 2.36. The molecule has 0 atom stereocenters. The second-order valence-electron chi connectivity index (χ2n) is 7.42. The Labute approximate surface area is 197 Å². The summed E-state index contributed by atoms with van der Waals surface area (Å²) in [5.41, 5.74) is 0.858. The normalized spacial score (nSPS) is 11.6. The number of aromatic nitrogens is 2. The summed E-state index contributed by atoms with van der Waals surface area (Å²) < 4.78 is 36.9. The zero-order valence-corrected chi connectivity index (χ0v) is 19.6. The Bertz CT molecular complexity index is 1390. The zero-order valence-electron chi connectivity index (χ0n) is 17.9. The largest absolute Gasteiger partial charge is 0.491 e. The van der Waals surface area contributed by atoms with Crippen LogP contribution < -0.4 is 20.1 Å². The fraction of sp³-hybridized carbons (Fsp3) is 0.136. The summed E-state index contributed by atoms with van der Waals surface area (Å²) in [7, 11) is -4.76. The van der Waals surface area contributed by atoms with Crippen LogP contribution in [0.4, 0.5) is 9.52 Å². The Morgan fingerprint density at radius 3 is 2.56 bits per heavy atom. The number of nitrogens with zero attached hydrogens (tertiary/aromatic N) is 2. The lowest BCUT2D eigenvalue weighted by Gasteiger charge is -2.14. The third kappa shape index (κ3) is 5.57. The van der Waals surface area contributed by atoms with Crippen molar-refractivity contribution in [3.63, 3.8) is 0 Å². The average Bonchev–Trinajstić information content (AvgIpc) is 3.14. The molecule has 0 radical (unpaired) electrons. The van der Waals surface area contributed by atoms with Crippen LogP contribution in [0.15, 0.2) is 54.7 Å². The zero-order chi connectivity index (χ0) is 24.5. The quantitative estimate of drug-likeness (QED) is 0.315. The van der Waals surface area contributed by atoms with E-state index in [1.165, 1.54) is 35.6 Å². The van der Waals surface area contributed by atoms with E-state index in [-0.39, 0.29) is 23.2 Å². The van der Waals surface area contributed by atoms with Gasteiger partial charge in [-0.25, -0.2) is 14.4 Å². The first kappa shape index (κ1) is 23.8. The molecule has 0 fully saturated rings. The van der Waals surface area contributed by atoms with E-state index in [0.29, 0.717) is 21.2 Å². The van der Waals surface area contributed by atoms with Gasteiger partial charge in [-0.05, 0) is 50.2 Å². The molecule has 0 saturated carbocycles. The van der Waals surface area contributed by atoms with Gasteiger partial charge < -0.3 is 19.3 Å². The van der Waals surface area contributed by atoms with Crippen LogP contribution in [-0.4, -0.2) is 31.8 Å². The van der Waals surface area contributed by atoms with E-state index in [1.54, 1.807) is 18.3 Å². The van der Waals surface area contributed by atoms with Gasteiger partial charge in [0.2, 0.25) is 0 Å². The van der Waals surface area contributed by atoms with Crippen molar-refractivity contribution in [3.05, 3.63) is 66.1 Å². The van der Waals surface area contributed by atoms with Gasteiger partial charge in [-0.1, -0.05) is 11.3 Å². The standard InChI is InChI=1S/C22H19FN3O6PS/c1-12(2)31-15-8-13(20(27)26-22-25-18-4-3-7-24-21(18)34-22)9-16(10-15)32-14-5-6-19(17(23)11-14)33(28,29)30/h3-12H,1-2H3,(H,25,26,27)(H2,28,29,30). The summed E-state index contributed by atoms with van der Waals surface area (Å²) in [5.74, 6) is -1.09. The number of rotatable bonds is 7. The molecule has 1 amide bonds. The van der Waals surface area contributed by atoms with Crippen LogP contribution in [0.1, 0.15) is 24.2 Å². The van der Waals surface area contributed by atoms with E-state index >= 15 is 0 Å². The summed E-state index contributed by atoms with van der Waals surface area (Å²) in [6.45, 7) is 3.63. The van der Waals surface area contributed by atoms with Crippen LogP contribution >= 0.6 is 18.9 Å². The van der Waals surface area contributed by atoms with Crippen LogP contribution in [0.2, 0.25) is 0 Å². The third-order valence-corrected chi connectivity index (χ3v) is 6.25. The minimum atomic E-state index is -4.76. The van der Waals surface area contributed by atoms with E-state index in [9.17, 15) is 23.5 Å². The summed E-state index contributed by atoms with van der Waals surface area (Å²) in [6.07, 6.45) is 1.44. The third-order valence-electron chi connectivity index (χ3n) is 4.37. The van der Waals surface area contributed by atoms with Crippen LogP contribution in [0.3, 0.4) is 0 Å². The predicted octanol–water partition coefficient (Wildman–Crippen LogP) is 4.47. The molecule has 12 heteroatoms. The Morgan fingerprint density at radius 1 is 1.12 bits per heavy atom. The Morgan fingerprint density at radius 2 is 1.88 bits per heavy atom. The smallest absolute Gasteiger partial charge is 0.359 e. The van der Waals surface area contributed by atoms with Gasteiger partial charge in [0.05, 0.1) is 11.4 Å². The number of hydrogen-bond donors (Lipinski definition) is 3. The molecular weight excluding hydrogens is 484 g/mol. The fourth-order valence-corrected chi connectivity index (χ4v) is 4.43. The minimum Gasteiger partial charge on any atom is -0.491 e. The second kappa shape index (κ2) is 9.47. The Hall–Kier alpha value is -3.37. The molecule has 0 bridgehead atoms. The highest BCUT2D eigenvalue weighted by Gasteiger charge is 2.22. The van der Waals surface area contributed by atoms with Crippen molar-refractivity contribution in [1.29, 1.82) is 0 Å². The van der Waals surface area contributed by atoms with Gasteiger partial charge in [0, 0.05) is 23.9 Å². The minimum absolute atomic E-state index is 0.0139. The lowest BCUT2D eigenvalue weighted by molar-refractivity contribution is 0.102. The van der Waals surface area contributed by atoms with Crippen molar-refractivity contribution in [2.24, 2.45) is 0 Å². The van der Waals surface area contributed by atoms with Crippen molar-refractivity contribution in [2.45, 2.75) is 20.0 Å². The first-order valence-electron chi connectivity index (χ1n) is 9.96. The topological polar surface area (TPSA) is 131 Å². The Balaban J connectivity index is 1.62. The molecule has 3 N–H and O–H groups in total. The molecule has 2 aromatic heterocycles. The van der Waals surface area contributed by atoms with Crippen molar-refractivity contribution < 1.29 is 33.0 Å². The number of thiazole rings is 1. The SMILES string of the molecule is CC(C)Oc1cc(Oc2ccc(P(=O)(O)O)c(F)c2)cc(C(=O)Nc2nc3cccnc3s2)c1. The lowest BCUT2D eigenvalue weighted by Crippen LogP contribution is -2.13. The van der Waals surface area contributed by atoms with Crippen LogP contribution in [0.25, 0.3) is 10.3 Å². The maximum Gasteiger partial charge on any atom is 0.359 e. The maximum absolute atomic E-state index is 14.2. The first-order chi connectivity index (χ1) is 16.1. The summed E-state index contributed by atoms with van der Waals surface area (Å²) in [4.78, 5) is 40.5. The number of pyridine rings is 1. The fourth-order valence-electron chi connectivity index (χ4n) is 3.02. The van der Waals surface area contributed by atoms with Crippen molar-refractivity contribution in [2.75, 3.05) is 5.32 Å². The lowest BCUT2D eigenvalue weighted by atomic mass is 10.2. The van der Waals surface area contributed by atoms with Gasteiger partial charge in [0.15, 0.2) is 5.13 Å². The number of hydrogen-bond acceptors (Lipinski definition) is 7. The molecule has 9 nitrogen and oxygen atoms in total. The van der Waals surface area contributed by atoms with Crippen molar-refractivity contribution >= 4 is 45.6 Å². The van der Waals surface area contributed by atoms with Crippen molar-refractivity contribution in [1.82, 2.24) is 9.97 Å². The second-order valence-corrected chi connectivity index (χ2v) is 9.97. The maximum atomic E-state index is 14.2. The van der Waals surface area contributed by atoms with E-state index in [2.05, 4.69) is 15.3 Å². The summed E-state index contributed by atoms with van der Waals surface area (Å²) >= 11 is 1.22. The Kier molecular flexibility index (Phi) is 6.63. The molecule has 4 aromatic rings. The summed E-state index contributed by atoms with van der Waals surface area (Å²) in [6, 6.07) is 11.1. The molecular formula is C22H19FN3O6PS. The van der Waals surface area contributed by atoms with Gasteiger partial charge in [0.25, 0.3) is 5.91 Å². The number of carbonyl (C=O) groups is 1. The molecule has 4 rings (SSSR count). The number of nitrogens with one attached hydrogen (secondary N) is 1. The molecule has 176 valence electrons. The highest BCUT2D eigenvalue weighted by molar-refractivity contribution is 7.60. The van der Waals surface area contributed by atoms with Gasteiger partial charge in [-0.2, -0.15) is 0 Å². The molecule has 2 heterocycles. The molecule has 2 aromatic carbocycles. The number of benzene rings is 2. The monoisotopic (exact) mass is 503 g/mol. The molecule has 34 heavy (non-hydrogen) atoms. The highest BCUT2D eigenvalue weighted by atomic mass is 32.1. The molecule has 0 aliphatic rings. The molecule has 0 aliphatic carbocycles. The molecule has 0 unspecified atom stereocenters. The predicted molar refractivity (Wildman–Crippen MR) is 126 cm³/mol. The number of halogens is 1. The molecule has 0 saturated heterocycles. The number of carbonyl (C=O) groups excluding carboxylic acids is 1. The van der Waals surface area contributed by atoms with Crippen LogP contribution in [0, 0.1) is 5.82 Å². The van der Waals surface area contributed by atoms with Crippen LogP contribution in [-0.2, 0) is 4.57 Å². The van der Waals surface area contributed by atoms with Gasteiger partial charge >= 0.3 is 7.60 Å². The van der Waals surface area contributed by atoms with E-state index in [4.69, 9.17) is 9.47 Å². The van der Waals surface area contributed by atoms with Crippen LogP contribution in [0.5, 0.6) is 17.2 Å². The number of fused-ring (bicyclic) bond motifs is 1. The first-order valence-corrected chi connectivity index (χ1v) is 12.4. The average molecular weight is 503 g/mol. The van der Waals surface area contributed by atoms with Gasteiger partial charge in [0.1, 0.15) is 33.4 Å². The number of ether oxygens (including phenoxy) is 2. The highest BCUT2D eigenvalue weighted by Crippen LogP contribution is 2.36. The van der Waals surface area contributed by atoms with Gasteiger partial charge in [-0.3, -0.25) is 14.7 Å². The van der Waals surface area contributed by atoms with Gasteiger partial charge in [-0.15, -0.1) is 0 Å². The van der Waals surface area contributed by atoms with Crippen molar-refractivity contribution in [3.8, 4) is 17.2 Å². The number of anilines is 1. The van der Waals surface area contributed by atoms with E-state index in [1.807, 2.05) is 13.8 Å². The van der Waals surface area contributed by atoms with E-state index in [0.717, 1.165) is 12.1 Å². The molecule has 0 aliphatic heterocycles.